The quantitative estimate of drug-likeness (QED) is 0.772. The summed E-state index contributed by atoms with van der Waals surface area (Å²) in [4.78, 5) is 0. The lowest BCUT2D eigenvalue weighted by Crippen LogP contribution is -2.11. The molecule has 3 heteroatoms. The highest BCUT2D eigenvalue weighted by Gasteiger charge is 2.03. The Morgan fingerprint density at radius 1 is 1.57 bits per heavy atom. The molecular weight excluding hydrogens is 198 g/mol. The lowest BCUT2D eigenvalue weighted by Gasteiger charge is -2.13. The molecule has 76 valence electrons. The van der Waals surface area contributed by atoms with Crippen LogP contribution in [0, 0.1) is 0 Å². The third-order valence-electron chi connectivity index (χ3n) is 1.91. The van der Waals surface area contributed by atoms with Gasteiger partial charge in [0.2, 0.25) is 0 Å². The molecule has 0 bridgehead atoms. The van der Waals surface area contributed by atoms with Gasteiger partial charge in [-0.3, -0.25) is 0 Å². The maximum atomic E-state index is 6.00. The van der Waals surface area contributed by atoms with Crippen molar-refractivity contribution in [3.63, 3.8) is 0 Å². The summed E-state index contributed by atoms with van der Waals surface area (Å²) in [5, 5.41) is 3.88. The first kappa shape index (κ1) is 10.9. The van der Waals surface area contributed by atoms with Gasteiger partial charge in [0.25, 0.3) is 0 Å². The zero-order valence-electron chi connectivity index (χ0n) is 8.38. The van der Waals surface area contributed by atoms with Gasteiger partial charge in [0.05, 0.1) is 17.8 Å². The van der Waals surface area contributed by atoms with Gasteiger partial charge in [-0.25, -0.2) is 0 Å². The van der Waals surface area contributed by atoms with E-state index in [9.17, 15) is 0 Å². The van der Waals surface area contributed by atoms with E-state index in [2.05, 4.69) is 11.9 Å². The van der Waals surface area contributed by atoms with Crippen molar-refractivity contribution in [3.05, 3.63) is 35.9 Å². The molecule has 0 saturated heterocycles. The van der Waals surface area contributed by atoms with Crippen molar-refractivity contribution in [2.45, 2.75) is 13.0 Å². The van der Waals surface area contributed by atoms with Crippen LogP contribution < -0.4 is 10.1 Å². The first-order valence-electron chi connectivity index (χ1n) is 4.40. The highest BCUT2D eigenvalue weighted by atomic mass is 35.5. The molecule has 0 aliphatic heterocycles. The summed E-state index contributed by atoms with van der Waals surface area (Å²) in [7, 11) is 1.63. The van der Waals surface area contributed by atoms with Gasteiger partial charge in [0.15, 0.2) is 0 Å². The second-order valence-electron chi connectivity index (χ2n) is 3.01. The highest BCUT2D eigenvalue weighted by molar-refractivity contribution is 6.33. The molecule has 1 rings (SSSR count). The number of benzene rings is 1. The van der Waals surface area contributed by atoms with Crippen LogP contribution in [-0.4, -0.2) is 13.2 Å². The van der Waals surface area contributed by atoms with Gasteiger partial charge in [-0.05, 0) is 19.1 Å². The molecule has 1 aromatic rings. The highest BCUT2D eigenvalue weighted by Crippen LogP contribution is 2.27. The average molecular weight is 212 g/mol. The number of hydrogen-bond donors (Lipinski definition) is 1. The largest absolute Gasteiger partial charge is 0.497 e. The van der Waals surface area contributed by atoms with E-state index < -0.39 is 0 Å². The SMILES string of the molecule is C=CC(C)Nc1cc(OC)ccc1Cl. The smallest absolute Gasteiger partial charge is 0.121 e. The van der Waals surface area contributed by atoms with Crippen LogP contribution in [0.15, 0.2) is 30.9 Å². The fraction of sp³-hybridized carbons (Fsp3) is 0.273. The van der Waals surface area contributed by atoms with Crippen molar-refractivity contribution in [2.75, 3.05) is 12.4 Å². The van der Waals surface area contributed by atoms with E-state index in [1.807, 2.05) is 25.1 Å². The van der Waals surface area contributed by atoms with Crippen LogP contribution in [0.1, 0.15) is 6.92 Å². The molecule has 1 atom stereocenters. The Morgan fingerprint density at radius 3 is 2.86 bits per heavy atom. The summed E-state index contributed by atoms with van der Waals surface area (Å²) in [5.74, 6) is 0.785. The fourth-order valence-electron chi connectivity index (χ4n) is 1.05. The predicted octanol–water partition coefficient (Wildman–Crippen LogP) is 3.34. The number of halogens is 1. The molecule has 0 aliphatic carbocycles. The van der Waals surface area contributed by atoms with Gasteiger partial charge in [0.1, 0.15) is 5.75 Å². The van der Waals surface area contributed by atoms with E-state index in [1.54, 1.807) is 13.2 Å². The van der Waals surface area contributed by atoms with E-state index in [0.717, 1.165) is 11.4 Å². The second kappa shape index (κ2) is 4.91. The van der Waals surface area contributed by atoms with Crippen molar-refractivity contribution in [1.82, 2.24) is 0 Å². The van der Waals surface area contributed by atoms with Crippen molar-refractivity contribution >= 4 is 17.3 Å². The minimum atomic E-state index is 0.180. The molecule has 0 saturated carbocycles. The number of hydrogen-bond acceptors (Lipinski definition) is 2. The molecule has 1 unspecified atom stereocenters. The number of anilines is 1. The molecule has 0 heterocycles. The minimum absolute atomic E-state index is 0.180. The molecule has 0 fully saturated rings. The molecule has 14 heavy (non-hydrogen) atoms. The summed E-state index contributed by atoms with van der Waals surface area (Å²) in [6.45, 7) is 5.69. The molecule has 0 aromatic heterocycles. The second-order valence-corrected chi connectivity index (χ2v) is 3.42. The summed E-state index contributed by atoms with van der Waals surface area (Å²) in [5.41, 5.74) is 0.860. The third kappa shape index (κ3) is 2.67. The Balaban J connectivity index is 2.88. The Labute approximate surface area is 89.5 Å². The number of rotatable bonds is 4. The normalized spacial score (nSPS) is 11.9. The molecule has 0 radical (unpaired) electrons. The topological polar surface area (TPSA) is 21.3 Å². The maximum absolute atomic E-state index is 6.00. The molecule has 2 nitrogen and oxygen atoms in total. The third-order valence-corrected chi connectivity index (χ3v) is 2.24. The monoisotopic (exact) mass is 211 g/mol. The van der Waals surface area contributed by atoms with E-state index in [-0.39, 0.29) is 6.04 Å². The first-order chi connectivity index (χ1) is 6.67. The lowest BCUT2D eigenvalue weighted by molar-refractivity contribution is 0.415. The standard InChI is InChI=1S/C11H14ClNO/c1-4-8(2)13-11-7-9(14-3)5-6-10(11)12/h4-8,13H,1H2,2-3H3. The number of nitrogens with one attached hydrogen (secondary N) is 1. The van der Waals surface area contributed by atoms with Gasteiger partial charge < -0.3 is 10.1 Å². The van der Waals surface area contributed by atoms with Crippen LogP contribution in [0.25, 0.3) is 0 Å². The van der Waals surface area contributed by atoms with Crippen molar-refractivity contribution in [2.24, 2.45) is 0 Å². The van der Waals surface area contributed by atoms with Gasteiger partial charge in [-0.15, -0.1) is 6.58 Å². The van der Waals surface area contributed by atoms with Gasteiger partial charge >= 0.3 is 0 Å². The van der Waals surface area contributed by atoms with Crippen molar-refractivity contribution < 1.29 is 4.74 Å². The zero-order chi connectivity index (χ0) is 10.6. The summed E-state index contributed by atoms with van der Waals surface area (Å²) in [6.07, 6.45) is 1.82. The average Bonchev–Trinajstić information content (AvgIpc) is 2.21. The van der Waals surface area contributed by atoms with E-state index >= 15 is 0 Å². The van der Waals surface area contributed by atoms with Gasteiger partial charge in [0, 0.05) is 12.1 Å². The predicted molar refractivity (Wildman–Crippen MR) is 61.3 cm³/mol. The van der Waals surface area contributed by atoms with Crippen LogP contribution in [0.2, 0.25) is 5.02 Å². The number of methoxy groups -OCH3 is 1. The lowest BCUT2D eigenvalue weighted by atomic mass is 10.2. The molecule has 0 aliphatic rings. The van der Waals surface area contributed by atoms with E-state index in [4.69, 9.17) is 16.3 Å². The van der Waals surface area contributed by atoms with Crippen molar-refractivity contribution in [1.29, 1.82) is 0 Å². The van der Waals surface area contributed by atoms with Gasteiger partial charge in [-0.1, -0.05) is 17.7 Å². The molecule has 0 amide bonds. The molecule has 1 N–H and O–H groups in total. The van der Waals surface area contributed by atoms with E-state index in [0.29, 0.717) is 5.02 Å². The summed E-state index contributed by atoms with van der Waals surface area (Å²) in [6, 6.07) is 5.67. The fourth-order valence-corrected chi connectivity index (χ4v) is 1.22. The van der Waals surface area contributed by atoms with Crippen LogP contribution in [0.3, 0.4) is 0 Å². The summed E-state index contributed by atoms with van der Waals surface area (Å²) >= 11 is 6.00. The minimum Gasteiger partial charge on any atom is -0.497 e. The Morgan fingerprint density at radius 2 is 2.29 bits per heavy atom. The van der Waals surface area contributed by atoms with Gasteiger partial charge in [-0.2, -0.15) is 0 Å². The molecular formula is C11H14ClNO. The Hall–Kier alpha value is -1.15. The van der Waals surface area contributed by atoms with Crippen LogP contribution in [-0.2, 0) is 0 Å². The Bertz CT molecular complexity index is 325. The summed E-state index contributed by atoms with van der Waals surface area (Å²) < 4.78 is 5.10. The Kier molecular flexibility index (Phi) is 3.84. The van der Waals surface area contributed by atoms with Crippen LogP contribution in [0.4, 0.5) is 5.69 Å². The van der Waals surface area contributed by atoms with Crippen molar-refractivity contribution in [3.8, 4) is 5.75 Å². The molecule has 0 spiro atoms. The molecule has 1 aromatic carbocycles. The van der Waals surface area contributed by atoms with Crippen LogP contribution >= 0.6 is 11.6 Å². The van der Waals surface area contributed by atoms with E-state index in [1.165, 1.54) is 0 Å². The zero-order valence-corrected chi connectivity index (χ0v) is 9.14. The first-order valence-corrected chi connectivity index (χ1v) is 4.77. The maximum Gasteiger partial charge on any atom is 0.121 e. The van der Waals surface area contributed by atoms with Crippen LogP contribution in [0.5, 0.6) is 5.75 Å². The number of ether oxygens (including phenoxy) is 1.